The summed E-state index contributed by atoms with van der Waals surface area (Å²) in [4.78, 5) is 11.4. The fraction of sp³-hybridized carbons (Fsp3) is 0.364. The van der Waals surface area contributed by atoms with Crippen molar-refractivity contribution in [2.24, 2.45) is 5.73 Å². The van der Waals surface area contributed by atoms with Gasteiger partial charge in [0.1, 0.15) is 11.8 Å². The van der Waals surface area contributed by atoms with Gasteiger partial charge in [0.15, 0.2) is 0 Å². The molecule has 6 heteroatoms. The minimum Gasteiger partial charge on any atom is -0.506 e. The molecule has 0 aliphatic carbocycles. The second kappa shape index (κ2) is 6.74. The molecule has 0 aromatic heterocycles. The maximum Gasteiger partial charge on any atom is 0.323 e. The number of carbonyl (C=O) groups excluding carboxylic acids is 1. The Morgan fingerprint density at radius 1 is 1.47 bits per heavy atom. The topological polar surface area (TPSA) is 72.5 Å². The molecule has 0 saturated heterocycles. The van der Waals surface area contributed by atoms with Crippen LogP contribution in [-0.4, -0.2) is 23.7 Å². The van der Waals surface area contributed by atoms with Gasteiger partial charge in [0.2, 0.25) is 0 Å². The molecule has 94 valence electrons. The Labute approximate surface area is 127 Å². The predicted octanol–water partition coefficient (Wildman–Crippen LogP) is 2.03. The van der Waals surface area contributed by atoms with Crippen molar-refractivity contribution in [3.8, 4) is 5.75 Å². The maximum absolute atomic E-state index is 11.4. The minimum absolute atomic E-state index is 0.264. The van der Waals surface area contributed by atoms with Crippen molar-refractivity contribution in [2.75, 3.05) is 6.61 Å². The van der Waals surface area contributed by atoms with E-state index < -0.39 is 12.0 Å². The standard InChI is InChI=1S/C11H13I2NO3/c1-2-17-11(16)9(14)5-6-3-7(12)10(15)8(13)4-6/h3-4,9,15H,2,5,14H2,1H3/t9-/m1/s1. The average Bonchev–Trinajstić information content (AvgIpc) is 2.26. The highest BCUT2D eigenvalue weighted by Gasteiger charge is 2.16. The highest BCUT2D eigenvalue weighted by molar-refractivity contribution is 14.1. The number of ether oxygens (including phenoxy) is 1. The van der Waals surface area contributed by atoms with Crippen molar-refractivity contribution >= 4 is 51.2 Å². The van der Waals surface area contributed by atoms with Gasteiger partial charge in [-0.2, -0.15) is 0 Å². The summed E-state index contributed by atoms with van der Waals surface area (Å²) in [5.74, 6) is -0.134. The normalized spacial score (nSPS) is 12.2. The van der Waals surface area contributed by atoms with Gasteiger partial charge in [0.25, 0.3) is 0 Å². The van der Waals surface area contributed by atoms with Gasteiger partial charge < -0.3 is 15.6 Å². The molecule has 0 bridgehead atoms. The molecule has 0 unspecified atom stereocenters. The van der Waals surface area contributed by atoms with Crippen LogP contribution in [0.2, 0.25) is 0 Å². The number of hydrogen-bond acceptors (Lipinski definition) is 4. The Bertz CT molecular complexity index is 400. The van der Waals surface area contributed by atoms with E-state index in [9.17, 15) is 9.90 Å². The number of nitrogens with two attached hydrogens (primary N) is 1. The van der Waals surface area contributed by atoms with E-state index in [0.29, 0.717) is 13.0 Å². The van der Waals surface area contributed by atoms with E-state index in [1.54, 1.807) is 6.92 Å². The molecular weight excluding hydrogens is 448 g/mol. The van der Waals surface area contributed by atoms with E-state index in [1.165, 1.54) is 0 Å². The number of benzene rings is 1. The summed E-state index contributed by atoms with van der Waals surface area (Å²) in [5.41, 5.74) is 6.65. The Hall–Kier alpha value is -0.0900. The summed E-state index contributed by atoms with van der Waals surface area (Å²) in [6.45, 7) is 2.08. The monoisotopic (exact) mass is 461 g/mol. The van der Waals surface area contributed by atoms with Crippen LogP contribution in [0.1, 0.15) is 12.5 Å². The molecule has 4 nitrogen and oxygen atoms in total. The SMILES string of the molecule is CCOC(=O)[C@H](N)Cc1cc(I)c(O)c(I)c1. The van der Waals surface area contributed by atoms with Crippen molar-refractivity contribution in [3.63, 3.8) is 0 Å². The maximum atomic E-state index is 11.4. The van der Waals surface area contributed by atoms with Crippen LogP contribution in [0.5, 0.6) is 5.75 Å². The zero-order valence-corrected chi connectivity index (χ0v) is 13.6. The van der Waals surface area contributed by atoms with E-state index in [4.69, 9.17) is 10.5 Å². The van der Waals surface area contributed by atoms with Crippen LogP contribution in [0, 0.1) is 7.14 Å². The first-order chi connectivity index (χ1) is 7.95. The van der Waals surface area contributed by atoms with Crippen molar-refractivity contribution in [3.05, 3.63) is 24.8 Å². The van der Waals surface area contributed by atoms with Crippen LogP contribution >= 0.6 is 45.2 Å². The van der Waals surface area contributed by atoms with Crippen LogP contribution in [0.4, 0.5) is 0 Å². The summed E-state index contributed by atoms with van der Waals surface area (Å²) < 4.78 is 6.34. The van der Waals surface area contributed by atoms with Crippen LogP contribution in [0.3, 0.4) is 0 Å². The fourth-order valence-corrected chi connectivity index (χ4v) is 3.22. The Balaban J connectivity index is 2.78. The second-order valence-electron chi connectivity index (χ2n) is 3.47. The van der Waals surface area contributed by atoms with Crippen molar-refractivity contribution in [2.45, 2.75) is 19.4 Å². The Morgan fingerprint density at radius 2 is 2.00 bits per heavy atom. The molecule has 1 aromatic carbocycles. The summed E-state index contributed by atoms with van der Waals surface area (Å²) in [7, 11) is 0. The van der Waals surface area contributed by atoms with E-state index in [2.05, 4.69) is 0 Å². The molecule has 3 N–H and O–H groups in total. The molecular formula is C11H13I2NO3. The highest BCUT2D eigenvalue weighted by atomic mass is 127. The first-order valence-corrected chi connectivity index (χ1v) is 7.20. The van der Waals surface area contributed by atoms with Gasteiger partial charge in [-0.15, -0.1) is 0 Å². The van der Waals surface area contributed by atoms with Gasteiger partial charge in [-0.05, 0) is 76.2 Å². The van der Waals surface area contributed by atoms with E-state index in [-0.39, 0.29) is 5.75 Å². The summed E-state index contributed by atoms with van der Waals surface area (Å²) in [6, 6.07) is 2.97. The van der Waals surface area contributed by atoms with Gasteiger partial charge in [0.05, 0.1) is 13.7 Å². The van der Waals surface area contributed by atoms with E-state index in [1.807, 2.05) is 57.3 Å². The van der Waals surface area contributed by atoms with Gasteiger partial charge in [-0.3, -0.25) is 4.79 Å². The number of halogens is 2. The number of aromatic hydroxyl groups is 1. The number of phenolic OH excluding ortho intramolecular Hbond substituents is 1. The summed E-state index contributed by atoms with van der Waals surface area (Å²) in [6.07, 6.45) is 0.408. The number of rotatable bonds is 4. The third-order valence-corrected chi connectivity index (χ3v) is 3.77. The molecule has 17 heavy (non-hydrogen) atoms. The molecule has 1 aromatic rings. The Morgan fingerprint density at radius 3 is 2.47 bits per heavy atom. The van der Waals surface area contributed by atoms with Gasteiger partial charge in [0, 0.05) is 0 Å². The fourth-order valence-electron chi connectivity index (χ4n) is 1.32. The quantitative estimate of drug-likeness (QED) is 0.532. The number of hydrogen-bond donors (Lipinski definition) is 2. The molecule has 0 aliphatic heterocycles. The zero-order chi connectivity index (χ0) is 13.0. The number of esters is 1. The minimum atomic E-state index is -0.661. The van der Waals surface area contributed by atoms with Crippen LogP contribution < -0.4 is 5.73 Å². The van der Waals surface area contributed by atoms with Gasteiger partial charge >= 0.3 is 5.97 Å². The van der Waals surface area contributed by atoms with Gasteiger partial charge in [-0.1, -0.05) is 0 Å². The smallest absolute Gasteiger partial charge is 0.323 e. The van der Waals surface area contributed by atoms with Crippen molar-refractivity contribution in [1.82, 2.24) is 0 Å². The first-order valence-electron chi connectivity index (χ1n) is 5.04. The molecule has 0 heterocycles. The lowest BCUT2D eigenvalue weighted by Crippen LogP contribution is -2.34. The van der Waals surface area contributed by atoms with Crippen molar-refractivity contribution < 1.29 is 14.6 Å². The Kier molecular flexibility index (Phi) is 5.93. The molecule has 0 saturated carbocycles. The molecule has 0 radical (unpaired) electrons. The highest BCUT2D eigenvalue weighted by Crippen LogP contribution is 2.27. The van der Waals surface area contributed by atoms with E-state index >= 15 is 0 Å². The first kappa shape index (κ1) is 15.0. The molecule has 1 atom stereocenters. The molecule has 1 rings (SSSR count). The largest absolute Gasteiger partial charge is 0.506 e. The lowest BCUT2D eigenvalue weighted by atomic mass is 10.1. The average molecular weight is 461 g/mol. The third kappa shape index (κ3) is 4.25. The third-order valence-electron chi connectivity index (χ3n) is 2.12. The summed E-state index contributed by atoms with van der Waals surface area (Å²) in [5, 5.41) is 9.62. The number of carbonyl (C=O) groups is 1. The van der Waals surface area contributed by atoms with Crippen LogP contribution in [0.15, 0.2) is 12.1 Å². The molecule has 0 fully saturated rings. The number of phenols is 1. The molecule has 0 spiro atoms. The summed E-state index contributed by atoms with van der Waals surface area (Å²) >= 11 is 4.09. The lowest BCUT2D eigenvalue weighted by Gasteiger charge is -2.11. The zero-order valence-electron chi connectivity index (χ0n) is 9.24. The van der Waals surface area contributed by atoms with Gasteiger partial charge in [-0.25, -0.2) is 0 Å². The van der Waals surface area contributed by atoms with Crippen molar-refractivity contribution in [1.29, 1.82) is 0 Å². The molecule has 0 amide bonds. The van der Waals surface area contributed by atoms with E-state index in [0.717, 1.165) is 12.7 Å². The second-order valence-corrected chi connectivity index (χ2v) is 5.80. The van der Waals surface area contributed by atoms with Crippen LogP contribution in [0.25, 0.3) is 0 Å². The predicted molar refractivity (Wildman–Crippen MR) is 81.9 cm³/mol. The van der Waals surface area contributed by atoms with Crippen LogP contribution in [-0.2, 0) is 16.0 Å². The molecule has 0 aliphatic rings. The lowest BCUT2D eigenvalue weighted by molar-refractivity contribution is -0.144.